The predicted octanol–water partition coefficient (Wildman–Crippen LogP) is 2.22. The highest BCUT2D eigenvalue weighted by Crippen LogP contribution is 2.19. The molecule has 1 aromatic heterocycles. The van der Waals surface area contributed by atoms with E-state index >= 15 is 0 Å². The maximum Gasteiger partial charge on any atom is 0.276 e. The van der Waals surface area contributed by atoms with Crippen molar-refractivity contribution in [2.24, 2.45) is 0 Å². The van der Waals surface area contributed by atoms with E-state index in [9.17, 15) is 9.18 Å². The third-order valence-electron chi connectivity index (χ3n) is 2.61. The van der Waals surface area contributed by atoms with Gasteiger partial charge in [-0.2, -0.15) is 0 Å². The number of carbonyl (C=O) groups excluding carboxylic acids is 1. The zero-order valence-corrected chi connectivity index (χ0v) is 10.6. The van der Waals surface area contributed by atoms with Crippen LogP contribution in [0.2, 0.25) is 0 Å². The van der Waals surface area contributed by atoms with Crippen LogP contribution in [0.3, 0.4) is 0 Å². The van der Waals surface area contributed by atoms with Gasteiger partial charge in [-0.25, -0.2) is 4.39 Å². The summed E-state index contributed by atoms with van der Waals surface area (Å²) in [6.45, 7) is 1.72. The van der Waals surface area contributed by atoms with Crippen LogP contribution in [0.15, 0.2) is 30.3 Å². The molecule has 19 heavy (non-hydrogen) atoms. The molecule has 1 aromatic carbocycles. The molecule has 0 spiro atoms. The van der Waals surface area contributed by atoms with Crippen molar-refractivity contribution in [2.75, 3.05) is 17.7 Å². The van der Waals surface area contributed by atoms with Crippen molar-refractivity contribution in [1.82, 2.24) is 10.2 Å². The molecule has 0 aliphatic rings. The van der Waals surface area contributed by atoms with E-state index < -0.39 is 11.7 Å². The third-order valence-corrected chi connectivity index (χ3v) is 2.61. The van der Waals surface area contributed by atoms with Gasteiger partial charge in [-0.1, -0.05) is 12.1 Å². The van der Waals surface area contributed by atoms with Gasteiger partial charge in [-0.05, 0) is 30.7 Å². The number of amides is 1. The minimum absolute atomic E-state index is 0.127. The van der Waals surface area contributed by atoms with E-state index in [1.54, 1.807) is 32.2 Å². The van der Waals surface area contributed by atoms with Crippen LogP contribution >= 0.6 is 0 Å². The molecule has 0 bridgehead atoms. The fourth-order valence-electron chi connectivity index (χ4n) is 1.55. The van der Waals surface area contributed by atoms with Crippen molar-refractivity contribution in [3.63, 3.8) is 0 Å². The van der Waals surface area contributed by atoms with Gasteiger partial charge in [0.15, 0.2) is 5.69 Å². The van der Waals surface area contributed by atoms with Crippen molar-refractivity contribution in [3.8, 4) is 0 Å². The highest BCUT2D eigenvalue weighted by molar-refractivity contribution is 6.03. The second-order valence-corrected chi connectivity index (χ2v) is 3.94. The lowest BCUT2D eigenvalue weighted by molar-refractivity contribution is 0.102. The van der Waals surface area contributed by atoms with E-state index in [0.29, 0.717) is 11.4 Å². The number of halogens is 1. The zero-order chi connectivity index (χ0) is 13.8. The van der Waals surface area contributed by atoms with Crippen LogP contribution in [0.4, 0.5) is 15.9 Å². The first-order valence-corrected chi connectivity index (χ1v) is 5.70. The van der Waals surface area contributed by atoms with E-state index in [4.69, 9.17) is 0 Å². The SMILES string of the molecule is CNc1ccc(C(=O)Nc2c(C)cccc2F)nn1. The van der Waals surface area contributed by atoms with Gasteiger partial charge in [0.1, 0.15) is 11.6 Å². The van der Waals surface area contributed by atoms with Crippen molar-refractivity contribution in [2.45, 2.75) is 6.92 Å². The van der Waals surface area contributed by atoms with Crippen molar-refractivity contribution < 1.29 is 9.18 Å². The van der Waals surface area contributed by atoms with Gasteiger partial charge in [-0.15, -0.1) is 10.2 Å². The Balaban J connectivity index is 2.20. The number of aromatic nitrogens is 2. The molecule has 0 saturated carbocycles. The summed E-state index contributed by atoms with van der Waals surface area (Å²) >= 11 is 0. The number of nitrogens with zero attached hydrogens (tertiary/aromatic N) is 2. The Morgan fingerprint density at radius 3 is 2.58 bits per heavy atom. The molecule has 1 heterocycles. The Morgan fingerprint density at radius 1 is 1.21 bits per heavy atom. The number of benzene rings is 1. The molecule has 2 rings (SSSR count). The molecule has 98 valence electrons. The molecule has 5 nitrogen and oxygen atoms in total. The van der Waals surface area contributed by atoms with Crippen molar-refractivity contribution >= 4 is 17.4 Å². The molecule has 0 aliphatic carbocycles. The summed E-state index contributed by atoms with van der Waals surface area (Å²) in [6.07, 6.45) is 0. The highest BCUT2D eigenvalue weighted by atomic mass is 19.1. The summed E-state index contributed by atoms with van der Waals surface area (Å²) < 4.78 is 13.6. The van der Waals surface area contributed by atoms with Crippen LogP contribution in [-0.2, 0) is 0 Å². The Kier molecular flexibility index (Phi) is 3.70. The van der Waals surface area contributed by atoms with Crippen LogP contribution in [-0.4, -0.2) is 23.2 Å². The number of hydrogen-bond donors (Lipinski definition) is 2. The van der Waals surface area contributed by atoms with Crippen LogP contribution < -0.4 is 10.6 Å². The second-order valence-electron chi connectivity index (χ2n) is 3.94. The molecular weight excluding hydrogens is 247 g/mol. The Morgan fingerprint density at radius 2 is 2.00 bits per heavy atom. The summed E-state index contributed by atoms with van der Waals surface area (Å²) in [6, 6.07) is 7.73. The maximum atomic E-state index is 13.6. The van der Waals surface area contributed by atoms with Gasteiger partial charge < -0.3 is 10.6 Å². The normalized spacial score (nSPS) is 10.1. The molecule has 6 heteroatoms. The maximum absolute atomic E-state index is 13.6. The average molecular weight is 260 g/mol. The first-order chi connectivity index (χ1) is 9.11. The lowest BCUT2D eigenvalue weighted by Crippen LogP contribution is -2.16. The van der Waals surface area contributed by atoms with Gasteiger partial charge in [0, 0.05) is 7.05 Å². The largest absolute Gasteiger partial charge is 0.372 e. The minimum atomic E-state index is -0.497. The van der Waals surface area contributed by atoms with E-state index in [-0.39, 0.29) is 11.4 Å². The molecule has 0 saturated heterocycles. The number of para-hydroxylation sites is 1. The molecule has 0 radical (unpaired) electrons. The summed E-state index contributed by atoms with van der Waals surface area (Å²) in [5.74, 6) is -0.421. The van der Waals surface area contributed by atoms with Gasteiger partial charge in [0.2, 0.25) is 0 Å². The molecule has 0 atom stereocenters. The number of hydrogen-bond acceptors (Lipinski definition) is 4. The smallest absolute Gasteiger partial charge is 0.276 e. The first-order valence-electron chi connectivity index (χ1n) is 5.70. The number of aryl methyl sites for hydroxylation is 1. The van der Waals surface area contributed by atoms with Crippen LogP contribution in [0, 0.1) is 12.7 Å². The number of anilines is 2. The standard InChI is InChI=1S/C13H13FN4O/c1-8-4-3-5-9(14)12(8)16-13(19)10-6-7-11(15-2)18-17-10/h3-7H,1-2H3,(H,15,18)(H,16,19). The minimum Gasteiger partial charge on any atom is -0.372 e. The quantitative estimate of drug-likeness (QED) is 0.888. The molecule has 2 N–H and O–H groups in total. The zero-order valence-electron chi connectivity index (χ0n) is 10.6. The van der Waals surface area contributed by atoms with Crippen molar-refractivity contribution in [1.29, 1.82) is 0 Å². The monoisotopic (exact) mass is 260 g/mol. The number of nitrogens with one attached hydrogen (secondary N) is 2. The van der Waals surface area contributed by atoms with Gasteiger partial charge in [0.25, 0.3) is 5.91 Å². The fraction of sp³-hybridized carbons (Fsp3) is 0.154. The molecule has 0 fully saturated rings. The molecule has 0 unspecified atom stereocenters. The predicted molar refractivity (Wildman–Crippen MR) is 70.7 cm³/mol. The van der Waals surface area contributed by atoms with Crippen LogP contribution in [0.5, 0.6) is 0 Å². The lowest BCUT2D eigenvalue weighted by atomic mass is 10.2. The highest BCUT2D eigenvalue weighted by Gasteiger charge is 2.12. The Hall–Kier alpha value is -2.50. The molecular formula is C13H13FN4O. The van der Waals surface area contributed by atoms with Crippen LogP contribution in [0.1, 0.15) is 16.1 Å². The summed E-state index contributed by atoms with van der Waals surface area (Å²) in [5, 5.41) is 12.8. The molecule has 1 amide bonds. The Labute approximate surface area is 109 Å². The second kappa shape index (κ2) is 5.43. The lowest BCUT2D eigenvalue weighted by Gasteiger charge is -2.08. The molecule has 2 aromatic rings. The van der Waals surface area contributed by atoms with Crippen molar-refractivity contribution in [3.05, 3.63) is 47.4 Å². The van der Waals surface area contributed by atoms with Gasteiger partial charge >= 0.3 is 0 Å². The first kappa shape index (κ1) is 12.9. The van der Waals surface area contributed by atoms with E-state index in [2.05, 4.69) is 20.8 Å². The van der Waals surface area contributed by atoms with E-state index in [1.807, 2.05) is 0 Å². The Bertz CT molecular complexity index is 578. The summed E-state index contributed by atoms with van der Waals surface area (Å²) in [7, 11) is 1.70. The van der Waals surface area contributed by atoms with Gasteiger partial charge in [-0.3, -0.25) is 4.79 Å². The third kappa shape index (κ3) is 2.85. The topological polar surface area (TPSA) is 66.9 Å². The van der Waals surface area contributed by atoms with E-state index in [0.717, 1.165) is 0 Å². The summed E-state index contributed by atoms with van der Waals surface area (Å²) in [4.78, 5) is 11.9. The van der Waals surface area contributed by atoms with Crippen LogP contribution in [0.25, 0.3) is 0 Å². The number of rotatable bonds is 3. The number of carbonyl (C=O) groups is 1. The average Bonchev–Trinajstić information content (AvgIpc) is 2.43. The van der Waals surface area contributed by atoms with E-state index in [1.165, 1.54) is 12.1 Å². The molecule has 0 aliphatic heterocycles. The fourth-order valence-corrected chi connectivity index (χ4v) is 1.55. The summed E-state index contributed by atoms with van der Waals surface area (Å²) in [5.41, 5.74) is 0.932. The van der Waals surface area contributed by atoms with Gasteiger partial charge in [0.05, 0.1) is 5.69 Å².